The van der Waals surface area contributed by atoms with E-state index in [1.807, 2.05) is 0 Å². The third-order valence-corrected chi connectivity index (χ3v) is 5.02. The van der Waals surface area contributed by atoms with Gasteiger partial charge in [-0.15, -0.1) is 0 Å². The van der Waals surface area contributed by atoms with Crippen molar-refractivity contribution in [1.29, 1.82) is 0 Å². The zero-order valence-electron chi connectivity index (χ0n) is 13.8. The van der Waals surface area contributed by atoms with Crippen molar-refractivity contribution in [2.45, 2.75) is 52.5 Å². The number of rotatable bonds is 8. The molecule has 1 atom stereocenters. The molecule has 0 spiro atoms. The first-order valence-corrected chi connectivity index (χ1v) is 8.16. The molecule has 19 heavy (non-hydrogen) atoms. The molecule has 1 rings (SSSR count). The molecule has 3 nitrogen and oxygen atoms in total. The Labute approximate surface area is 120 Å². The molecule has 1 N–H and O–H groups in total. The van der Waals surface area contributed by atoms with Crippen LogP contribution in [0.3, 0.4) is 0 Å². The van der Waals surface area contributed by atoms with Crippen molar-refractivity contribution in [2.75, 3.05) is 46.8 Å². The Balaban J connectivity index is 2.57. The quantitative estimate of drug-likeness (QED) is 0.730. The number of hydrogen-bond acceptors (Lipinski definition) is 3. The fourth-order valence-electron chi connectivity index (χ4n) is 3.24. The zero-order valence-corrected chi connectivity index (χ0v) is 13.8. The molecule has 1 saturated heterocycles. The third kappa shape index (κ3) is 5.05. The van der Waals surface area contributed by atoms with Gasteiger partial charge in [-0.05, 0) is 58.3 Å². The maximum Gasteiger partial charge on any atom is 0.0217 e. The van der Waals surface area contributed by atoms with Crippen LogP contribution < -0.4 is 5.32 Å². The molecular formula is C16H35N3. The van der Waals surface area contributed by atoms with E-state index in [0.717, 1.165) is 12.6 Å². The lowest BCUT2D eigenvalue weighted by atomic mass is 9.81. The highest BCUT2D eigenvalue weighted by Crippen LogP contribution is 2.28. The molecule has 0 radical (unpaired) electrons. The van der Waals surface area contributed by atoms with Crippen molar-refractivity contribution in [3.05, 3.63) is 0 Å². The predicted octanol–water partition coefficient (Wildman–Crippen LogP) is 2.43. The Morgan fingerprint density at radius 1 is 1.21 bits per heavy atom. The van der Waals surface area contributed by atoms with Gasteiger partial charge in [0.15, 0.2) is 0 Å². The molecule has 1 fully saturated rings. The van der Waals surface area contributed by atoms with Crippen LogP contribution in [-0.2, 0) is 0 Å². The summed E-state index contributed by atoms with van der Waals surface area (Å²) in [7, 11) is 4.44. The second kappa shape index (κ2) is 8.23. The molecule has 1 aliphatic rings. The van der Waals surface area contributed by atoms with Gasteiger partial charge in [0, 0.05) is 25.7 Å². The molecule has 0 saturated carbocycles. The fourth-order valence-corrected chi connectivity index (χ4v) is 3.24. The highest BCUT2D eigenvalue weighted by atomic mass is 15.2. The number of nitrogens with one attached hydrogen (secondary N) is 1. The lowest BCUT2D eigenvalue weighted by Gasteiger charge is -2.42. The highest BCUT2D eigenvalue weighted by molar-refractivity contribution is 4.86. The normalized spacial score (nSPS) is 22.1. The minimum Gasteiger partial charge on any atom is -0.316 e. The van der Waals surface area contributed by atoms with E-state index < -0.39 is 0 Å². The van der Waals surface area contributed by atoms with Crippen LogP contribution in [0.25, 0.3) is 0 Å². The Hall–Kier alpha value is -0.120. The molecule has 0 bridgehead atoms. The SMILES string of the molecule is CCNCC(CC)(CC)CN1CCCC(N(C)C)C1. The first kappa shape index (κ1) is 16.9. The molecule has 0 amide bonds. The molecular weight excluding hydrogens is 234 g/mol. The van der Waals surface area contributed by atoms with Crippen molar-refractivity contribution in [3.8, 4) is 0 Å². The molecule has 1 unspecified atom stereocenters. The van der Waals surface area contributed by atoms with Gasteiger partial charge >= 0.3 is 0 Å². The molecule has 114 valence electrons. The van der Waals surface area contributed by atoms with Crippen LogP contribution in [0.1, 0.15) is 46.5 Å². The maximum absolute atomic E-state index is 3.58. The number of nitrogens with zero attached hydrogens (tertiary/aromatic N) is 2. The topological polar surface area (TPSA) is 18.5 Å². The van der Waals surface area contributed by atoms with Crippen molar-refractivity contribution in [3.63, 3.8) is 0 Å². The van der Waals surface area contributed by atoms with Crippen LogP contribution in [0.15, 0.2) is 0 Å². The van der Waals surface area contributed by atoms with Crippen LogP contribution >= 0.6 is 0 Å². The molecule has 3 heteroatoms. The van der Waals surface area contributed by atoms with Crippen molar-refractivity contribution < 1.29 is 0 Å². The van der Waals surface area contributed by atoms with E-state index in [0.29, 0.717) is 5.41 Å². The molecule has 0 aliphatic carbocycles. The number of hydrogen-bond donors (Lipinski definition) is 1. The van der Waals surface area contributed by atoms with Gasteiger partial charge in [0.1, 0.15) is 0 Å². The summed E-state index contributed by atoms with van der Waals surface area (Å²) in [5.74, 6) is 0. The summed E-state index contributed by atoms with van der Waals surface area (Å²) in [6, 6.07) is 0.749. The first-order valence-electron chi connectivity index (χ1n) is 8.16. The average molecular weight is 269 g/mol. The van der Waals surface area contributed by atoms with E-state index in [1.54, 1.807) is 0 Å². The lowest BCUT2D eigenvalue weighted by Crippen LogP contribution is -2.50. The summed E-state index contributed by atoms with van der Waals surface area (Å²) in [6.45, 7) is 13.0. The number of likely N-dealkylation sites (N-methyl/N-ethyl adjacent to an activating group) is 1. The summed E-state index contributed by atoms with van der Waals surface area (Å²) in [5, 5.41) is 3.58. The Morgan fingerprint density at radius 3 is 2.42 bits per heavy atom. The summed E-state index contributed by atoms with van der Waals surface area (Å²) in [6.07, 6.45) is 5.27. The highest BCUT2D eigenvalue weighted by Gasteiger charge is 2.31. The lowest BCUT2D eigenvalue weighted by molar-refractivity contribution is 0.0781. The zero-order chi connectivity index (χ0) is 14.3. The summed E-state index contributed by atoms with van der Waals surface area (Å²) >= 11 is 0. The van der Waals surface area contributed by atoms with E-state index in [9.17, 15) is 0 Å². The summed E-state index contributed by atoms with van der Waals surface area (Å²) in [4.78, 5) is 5.11. The predicted molar refractivity (Wildman–Crippen MR) is 84.7 cm³/mol. The molecule has 0 aromatic heterocycles. The minimum atomic E-state index is 0.463. The van der Waals surface area contributed by atoms with Crippen molar-refractivity contribution >= 4 is 0 Å². The second-order valence-corrected chi connectivity index (χ2v) is 6.48. The third-order valence-electron chi connectivity index (χ3n) is 5.02. The summed E-state index contributed by atoms with van der Waals surface area (Å²) in [5.41, 5.74) is 0.463. The van der Waals surface area contributed by atoms with E-state index in [4.69, 9.17) is 0 Å². The van der Waals surface area contributed by atoms with Gasteiger partial charge < -0.3 is 15.1 Å². The van der Waals surface area contributed by atoms with Crippen LogP contribution in [-0.4, -0.2) is 62.7 Å². The Kier molecular flexibility index (Phi) is 7.33. The van der Waals surface area contributed by atoms with E-state index in [1.165, 1.54) is 51.9 Å². The second-order valence-electron chi connectivity index (χ2n) is 6.48. The van der Waals surface area contributed by atoms with E-state index >= 15 is 0 Å². The van der Waals surface area contributed by atoms with E-state index in [-0.39, 0.29) is 0 Å². The average Bonchev–Trinajstić information content (AvgIpc) is 2.44. The van der Waals surface area contributed by atoms with Crippen molar-refractivity contribution in [2.24, 2.45) is 5.41 Å². The number of likely N-dealkylation sites (tertiary alicyclic amines) is 1. The summed E-state index contributed by atoms with van der Waals surface area (Å²) < 4.78 is 0. The van der Waals surface area contributed by atoms with Crippen LogP contribution in [0.5, 0.6) is 0 Å². The largest absolute Gasteiger partial charge is 0.316 e. The molecule has 0 aromatic carbocycles. The fraction of sp³-hybridized carbons (Fsp3) is 1.00. The monoisotopic (exact) mass is 269 g/mol. The number of piperidine rings is 1. The van der Waals surface area contributed by atoms with Gasteiger partial charge in [-0.3, -0.25) is 0 Å². The van der Waals surface area contributed by atoms with Gasteiger partial charge in [0.2, 0.25) is 0 Å². The minimum absolute atomic E-state index is 0.463. The Bertz CT molecular complexity index is 236. The molecule has 1 aliphatic heterocycles. The van der Waals surface area contributed by atoms with Gasteiger partial charge in [0.25, 0.3) is 0 Å². The van der Waals surface area contributed by atoms with Gasteiger partial charge in [-0.1, -0.05) is 20.8 Å². The van der Waals surface area contributed by atoms with Gasteiger partial charge in [0.05, 0.1) is 0 Å². The first-order chi connectivity index (χ1) is 9.06. The molecule has 0 aromatic rings. The van der Waals surface area contributed by atoms with Crippen LogP contribution in [0.4, 0.5) is 0 Å². The van der Waals surface area contributed by atoms with Crippen molar-refractivity contribution in [1.82, 2.24) is 15.1 Å². The molecule has 1 heterocycles. The van der Waals surface area contributed by atoms with Gasteiger partial charge in [-0.2, -0.15) is 0 Å². The van der Waals surface area contributed by atoms with Crippen LogP contribution in [0.2, 0.25) is 0 Å². The maximum atomic E-state index is 3.58. The Morgan fingerprint density at radius 2 is 1.89 bits per heavy atom. The standard InChI is InChI=1S/C16H35N3/c1-6-16(7-2,13-17-8-3)14-19-11-9-10-15(12-19)18(4)5/h15,17H,6-14H2,1-5H3. The van der Waals surface area contributed by atoms with E-state index in [2.05, 4.69) is 50.0 Å². The van der Waals surface area contributed by atoms with Crippen LogP contribution in [0, 0.1) is 5.41 Å². The smallest absolute Gasteiger partial charge is 0.0217 e. The van der Waals surface area contributed by atoms with Gasteiger partial charge in [-0.25, -0.2) is 0 Å².